The Labute approximate surface area is 107 Å². The summed E-state index contributed by atoms with van der Waals surface area (Å²) in [7, 11) is 0. The fraction of sp³-hybridized carbons (Fsp3) is 0.538. The number of aliphatic hydroxyl groups is 1. The third kappa shape index (κ3) is 2.79. The maximum absolute atomic E-state index is 11.6. The van der Waals surface area contributed by atoms with Gasteiger partial charge >= 0.3 is 0 Å². The summed E-state index contributed by atoms with van der Waals surface area (Å²) in [6.45, 7) is 6.34. The van der Waals surface area contributed by atoms with E-state index in [9.17, 15) is 9.90 Å². The van der Waals surface area contributed by atoms with Crippen molar-refractivity contribution in [3.63, 3.8) is 0 Å². The molecule has 1 N–H and O–H groups in total. The van der Waals surface area contributed by atoms with Crippen LogP contribution in [0.5, 0.6) is 0 Å². The molecular formula is C13H19N3O2. The van der Waals surface area contributed by atoms with E-state index in [-0.39, 0.29) is 5.91 Å². The quantitative estimate of drug-likeness (QED) is 0.825. The second-order valence-electron chi connectivity index (χ2n) is 4.68. The first kappa shape index (κ1) is 12.8. The van der Waals surface area contributed by atoms with E-state index in [1.54, 1.807) is 11.1 Å². The molecule has 0 aliphatic carbocycles. The van der Waals surface area contributed by atoms with Crippen LogP contribution in [0.1, 0.15) is 12.5 Å². The van der Waals surface area contributed by atoms with E-state index in [4.69, 9.17) is 0 Å². The van der Waals surface area contributed by atoms with Gasteiger partial charge in [-0.05, 0) is 31.5 Å². The van der Waals surface area contributed by atoms with Gasteiger partial charge in [-0.3, -0.25) is 4.79 Å². The lowest BCUT2D eigenvalue weighted by Crippen LogP contribution is -2.51. The molecule has 18 heavy (non-hydrogen) atoms. The summed E-state index contributed by atoms with van der Waals surface area (Å²) in [5.74, 6) is 0.769. The number of aromatic nitrogens is 1. The Balaban J connectivity index is 1.96. The molecule has 0 spiro atoms. The lowest BCUT2D eigenvalue weighted by Gasteiger charge is -2.36. The minimum atomic E-state index is -0.909. The van der Waals surface area contributed by atoms with Crippen LogP contribution in [0, 0.1) is 6.92 Å². The molecule has 1 aromatic heterocycles. The van der Waals surface area contributed by atoms with E-state index in [0.717, 1.165) is 18.9 Å². The van der Waals surface area contributed by atoms with Gasteiger partial charge in [0.15, 0.2) is 0 Å². The topological polar surface area (TPSA) is 56.7 Å². The smallest absolute Gasteiger partial charge is 0.251 e. The normalized spacial score (nSPS) is 17.7. The average Bonchev–Trinajstić information content (AvgIpc) is 2.38. The molecule has 1 aliphatic rings. The van der Waals surface area contributed by atoms with E-state index in [1.165, 1.54) is 12.5 Å². The summed E-state index contributed by atoms with van der Waals surface area (Å²) in [6.07, 6.45) is 0.895. The molecule has 1 unspecified atom stereocenters. The van der Waals surface area contributed by atoms with Gasteiger partial charge < -0.3 is 14.9 Å². The molecule has 1 aromatic rings. The number of hydrogen-bond donors (Lipinski definition) is 1. The Morgan fingerprint density at radius 1 is 1.39 bits per heavy atom. The summed E-state index contributed by atoms with van der Waals surface area (Å²) in [5, 5.41) is 9.28. The molecule has 5 heteroatoms. The van der Waals surface area contributed by atoms with Crippen LogP contribution in [-0.4, -0.2) is 53.2 Å². The summed E-state index contributed by atoms with van der Waals surface area (Å²) >= 11 is 0. The van der Waals surface area contributed by atoms with Crippen molar-refractivity contribution in [2.24, 2.45) is 0 Å². The zero-order valence-electron chi connectivity index (χ0n) is 10.8. The monoisotopic (exact) mass is 249 g/mol. The van der Waals surface area contributed by atoms with Gasteiger partial charge in [0.2, 0.25) is 0 Å². The molecule has 98 valence electrons. The van der Waals surface area contributed by atoms with Gasteiger partial charge in [0.25, 0.3) is 5.91 Å². The third-order valence-electron chi connectivity index (χ3n) is 3.17. The third-order valence-corrected chi connectivity index (χ3v) is 3.17. The lowest BCUT2D eigenvalue weighted by atomic mass is 10.2. The Morgan fingerprint density at radius 2 is 2.06 bits per heavy atom. The highest BCUT2D eigenvalue weighted by atomic mass is 16.3. The van der Waals surface area contributed by atoms with Crippen molar-refractivity contribution >= 4 is 11.7 Å². The lowest BCUT2D eigenvalue weighted by molar-refractivity contribution is -0.139. The highest BCUT2D eigenvalue weighted by molar-refractivity contribution is 5.80. The molecule has 0 radical (unpaired) electrons. The van der Waals surface area contributed by atoms with E-state index in [1.807, 2.05) is 19.1 Å². The van der Waals surface area contributed by atoms with Crippen LogP contribution >= 0.6 is 0 Å². The second-order valence-corrected chi connectivity index (χ2v) is 4.68. The maximum atomic E-state index is 11.6. The van der Waals surface area contributed by atoms with Gasteiger partial charge in [0.05, 0.1) is 0 Å². The molecule has 1 atom stereocenters. The van der Waals surface area contributed by atoms with E-state index < -0.39 is 6.10 Å². The van der Waals surface area contributed by atoms with E-state index in [0.29, 0.717) is 13.1 Å². The zero-order valence-corrected chi connectivity index (χ0v) is 10.8. The van der Waals surface area contributed by atoms with Gasteiger partial charge in [0.1, 0.15) is 11.9 Å². The number of hydrogen-bond acceptors (Lipinski definition) is 4. The molecule has 5 nitrogen and oxygen atoms in total. The fourth-order valence-electron chi connectivity index (χ4n) is 2.11. The van der Waals surface area contributed by atoms with Crippen molar-refractivity contribution in [2.45, 2.75) is 20.0 Å². The Morgan fingerprint density at radius 3 is 2.61 bits per heavy atom. The summed E-state index contributed by atoms with van der Waals surface area (Å²) in [4.78, 5) is 19.8. The number of rotatable bonds is 2. The Bertz CT molecular complexity index is 426. The molecule has 0 aromatic carbocycles. The molecule has 2 heterocycles. The molecule has 1 aliphatic heterocycles. The standard InChI is InChI=1S/C13H19N3O2/c1-10-3-4-14-12(9-10)15-5-7-16(8-6-15)13(18)11(2)17/h3-4,9,11,17H,5-8H2,1-2H3. The number of piperazine rings is 1. The fourth-order valence-corrected chi connectivity index (χ4v) is 2.11. The number of anilines is 1. The predicted octanol–water partition coefficient (Wildman–Crippen LogP) is 0.419. The van der Waals surface area contributed by atoms with Crippen LogP contribution in [0.3, 0.4) is 0 Å². The minimum absolute atomic E-state index is 0.188. The van der Waals surface area contributed by atoms with Crippen LogP contribution in [0.15, 0.2) is 18.3 Å². The van der Waals surface area contributed by atoms with Gasteiger partial charge in [-0.25, -0.2) is 4.98 Å². The van der Waals surface area contributed by atoms with Crippen LogP contribution in [0.25, 0.3) is 0 Å². The molecule has 0 saturated carbocycles. The minimum Gasteiger partial charge on any atom is -0.384 e. The van der Waals surface area contributed by atoms with Crippen molar-refractivity contribution in [2.75, 3.05) is 31.1 Å². The van der Waals surface area contributed by atoms with E-state index in [2.05, 4.69) is 9.88 Å². The number of aliphatic hydroxyl groups excluding tert-OH is 1. The van der Waals surface area contributed by atoms with Crippen LogP contribution in [0.2, 0.25) is 0 Å². The number of nitrogens with zero attached hydrogens (tertiary/aromatic N) is 3. The number of carbonyl (C=O) groups excluding carboxylic acids is 1. The van der Waals surface area contributed by atoms with Crippen molar-refractivity contribution in [3.8, 4) is 0 Å². The maximum Gasteiger partial charge on any atom is 0.251 e. The van der Waals surface area contributed by atoms with Crippen LogP contribution in [0.4, 0.5) is 5.82 Å². The number of amides is 1. The first-order chi connectivity index (χ1) is 8.58. The van der Waals surface area contributed by atoms with Crippen molar-refractivity contribution in [1.82, 2.24) is 9.88 Å². The second kappa shape index (κ2) is 5.35. The zero-order chi connectivity index (χ0) is 13.1. The van der Waals surface area contributed by atoms with Gasteiger partial charge in [-0.15, -0.1) is 0 Å². The average molecular weight is 249 g/mol. The van der Waals surface area contributed by atoms with E-state index >= 15 is 0 Å². The predicted molar refractivity (Wildman–Crippen MR) is 69.4 cm³/mol. The molecule has 1 saturated heterocycles. The SMILES string of the molecule is Cc1ccnc(N2CCN(C(=O)C(C)O)CC2)c1. The highest BCUT2D eigenvalue weighted by Crippen LogP contribution is 2.15. The number of aryl methyl sites for hydroxylation is 1. The summed E-state index contributed by atoms with van der Waals surface area (Å²) in [5.41, 5.74) is 1.18. The van der Waals surface area contributed by atoms with Gasteiger partial charge in [0, 0.05) is 32.4 Å². The van der Waals surface area contributed by atoms with Crippen molar-refractivity contribution in [1.29, 1.82) is 0 Å². The van der Waals surface area contributed by atoms with Crippen molar-refractivity contribution in [3.05, 3.63) is 23.9 Å². The molecule has 2 rings (SSSR count). The summed E-state index contributed by atoms with van der Waals surface area (Å²) in [6, 6.07) is 4.02. The van der Waals surface area contributed by atoms with Gasteiger partial charge in [-0.2, -0.15) is 0 Å². The molecular weight excluding hydrogens is 230 g/mol. The Hall–Kier alpha value is -1.62. The largest absolute Gasteiger partial charge is 0.384 e. The first-order valence-corrected chi connectivity index (χ1v) is 6.22. The number of carbonyl (C=O) groups is 1. The molecule has 1 amide bonds. The number of pyridine rings is 1. The molecule has 0 bridgehead atoms. The summed E-state index contributed by atoms with van der Waals surface area (Å²) < 4.78 is 0. The van der Waals surface area contributed by atoms with Crippen LogP contribution in [-0.2, 0) is 4.79 Å². The van der Waals surface area contributed by atoms with Gasteiger partial charge in [-0.1, -0.05) is 0 Å². The van der Waals surface area contributed by atoms with Crippen LogP contribution < -0.4 is 4.90 Å². The van der Waals surface area contributed by atoms with Crippen molar-refractivity contribution < 1.29 is 9.90 Å². The molecule has 1 fully saturated rings. The first-order valence-electron chi connectivity index (χ1n) is 6.22. The highest BCUT2D eigenvalue weighted by Gasteiger charge is 2.24. The Kier molecular flexibility index (Phi) is 3.81.